The first-order valence-corrected chi connectivity index (χ1v) is 10.9. The lowest BCUT2D eigenvalue weighted by Gasteiger charge is -2.13. The minimum Gasteiger partial charge on any atom is -0.508 e. The molecule has 2 heterocycles. The van der Waals surface area contributed by atoms with E-state index in [4.69, 9.17) is 9.97 Å². The number of hydrogen-bond donors (Lipinski definition) is 1. The van der Waals surface area contributed by atoms with Crippen LogP contribution >= 0.6 is 45.7 Å². The number of rotatable bonds is 4. The van der Waals surface area contributed by atoms with Crippen molar-refractivity contribution < 1.29 is 5.11 Å². The number of aromatic hydroxyl groups is 1. The molecule has 2 aromatic heterocycles. The van der Waals surface area contributed by atoms with E-state index < -0.39 is 0 Å². The van der Waals surface area contributed by atoms with Crippen LogP contribution < -0.4 is 1.33 Å². The molecule has 0 aliphatic rings. The van der Waals surface area contributed by atoms with Crippen molar-refractivity contribution in [1.82, 2.24) is 9.97 Å². The van der Waals surface area contributed by atoms with Crippen molar-refractivity contribution in [1.29, 1.82) is 0 Å². The Labute approximate surface area is 192 Å². The summed E-state index contributed by atoms with van der Waals surface area (Å²) in [5, 5.41) is 11.9. The van der Waals surface area contributed by atoms with Gasteiger partial charge in [-0.25, -0.2) is 6.31 Å². The average molecular weight is 595 g/mol. The smallest absolute Gasteiger partial charge is 0.173 e. The van der Waals surface area contributed by atoms with Crippen LogP contribution in [0.1, 0.15) is 22.3 Å². The van der Waals surface area contributed by atoms with Crippen LogP contribution in [0, 0.1) is 13.8 Å². The zero-order valence-electron chi connectivity index (χ0n) is 15.6. The van der Waals surface area contributed by atoms with Crippen molar-refractivity contribution in [3.63, 3.8) is 0 Å². The zero-order chi connectivity index (χ0) is 19.8. The summed E-state index contributed by atoms with van der Waals surface area (Å²) in [5.74, 6) is 1.19. The third kappa shape index (κ3) is 3.89. The number of hydrogen-bond acceptors (Lipinski definition) is 4. The predicted molar refractivity (Wildman–Crippen MR) is 133 cm³/mol. The summed E-state index contributed by atoms with van der Waals surface area (Å²) >= 11 is 4.47. The minimum atomic E-state index is 0.317. The van der Waals surface area contributed by atoms with Crippen LogP contribution in [0.5, 0.6) is 5.75 Å². The Morgan fingerprint density at radius 2 is 1.79 bits per heavy atom. The fourth-order valence-corrected chi connectivity index (χ4v) is 4.19. The third-order valence-corrected chi connectivity index (χ3v) is 5.91. The Morgan fingerprint density at radius 3 is 2.54 bits per heavy atom. The first-order chi connectivity index (χ1) is 13.4. The summed E-state index contributed by atoms with van der Waals surface area (Å²) in [6, 6.07) is 14.2. The predicted octanol–water partition coefficient (Wildman–Crippen LogP) is 6.40. The summed E-state index contributed by atoms with van der Waals surface area (Å²) in [4.78, 5) is 9.60. The van der Waals surface area contributed by atoms with Gasteiger partial charge in [0.2, 0.25) is 0 Å². The number of nitrogens with zero attached hydrogens (tertiary/aromatic N) is 3. The first kappa shape index (κ1) is 19.6. The SMILES string of the molecule is Cc1ccc2c(c1)nc(N(I)I)c1ncc(CCc3ccc(O)cc3C)cc12. The molecule has 142 valence electrons. The Bertz CT molecular complexity index is 1190. The van der Waals surface area contributed by atoms with Gasteiger partial charge in [0.05, 0.1) is 51.2 Å². The quantitative estimate of drug-likeness (QED) is 0.169. The van der Waals surface area contributed by atoms with Crippen molar-refractivity contribution in [2.75, 3.05) is 1.33 Å². The zero-order valence-corrected chi connectivity index (χ0v) is 19.9. The molecule has 0 unspecified atom stereocenters. The molecule has 0 aliphatic heterocycles. The van der Waals surface area contributed by atoms with Crippen molar-refractivity contribution in [3.8, 4) is 5.75 Å². The van der Waals surface area contributed by atoms with E-state index in [2.05, 4.69) is 76.9 Å². The number of anilines is 1. The Kier molecular flexibility index (Phi) is 5.59. The summed E-state index contributed by atoms with van der Waals surface area (Å²) in [5.41, 5.74) is 6.68. The summed E-state index contributed by atoms with van der Waals surface area (Å²) in [7, 11) is 0. The molecular weight excluding hydrogens is 576 g/mol. The fraction of sp³-hybridized carbons (Fsp3) is 0.182. The molecule has 0 saturated carbocycles. The highest BCUT2D eigenvalue weighted by atomic mass is 127. The molecule has 0 atom stereocenters. The van der Waals surface area contributed by atoms with Gasteiger partial charge in [-0.1, -0.05) is 18.2 Å². The van der Waals surface area contributed by atoms with Gasteiger partial charge in [0.15, 0.2) is 5.82 Å². The number of fused-ring (bicyclic) bond motifs is 3. The van der Waals surface area contributed by atoms with Crippen molar-refractivity contribution in [3.05, 3.63) is 70.9 Å². The molecule has 1 N–H and O–H groups in total. The summed E-state index contributed by atoms with van der Waals surface area (Å²) in [6.45, 7) is 4.13. The number of halogens is 2. The largest absolute Gasteiger partial charge is 0.508 e. The van der Waals surface area contributed by atoms with E-state index >= 15 is 0 Å². The molecule has 2 aromatic carbocycles. The highest BCUT2D eigenvalue weighted by molar-refractivity contribution is 14.2. The molecule has 4 aromatic rings. The molecule has 0 aliphatic carbocycles. The third-order valence-electron chi connectivity index (χ3n) is 5.00. The average Bonchev–Trinajstić information content (AvgIpc) is 2.66. The Hall–Kier alpha value is -1.68. The lowest BCUT2D eigenvalue weighted by Crippen LogP contribution is -2.00. The Morgan fingerprint density at radius 1 is 0.964 bits per heavy atom. The van der Waals surface area contributed by atoms with Crippen LogP contribution in [0.15, 0.2) is 48.7 Å². The van der Waals surface area contributed by atoms with Gasteiger partial charge in [-0.05, 0) is 73.2 Å². The number of aromatic nitrogens is 2. The van der Waals surface area contributed by atoms with Gasteiger partial charge >= 0.3 is 0 Å². The van der Waals surface area contributed by atoms with Crippen LogP contribution in [0.2, 0.25) is 0 Å². The van der Waals surface area contributed by atoms with E-state index in [-0.39, 0.29) is 0 Å². The molecule has 0 radical (unpaired) electrons. The summed E-state index contributed by atoms with van der Waals surface area (Å²) < 4.78 is 1.96. The second-order valence-electron chi connectivity index (χ2n) is 7.04. The van der Waals surface area contributed by atoms with Crippen LogP contribution in [0.3, 0.4) is 0 Å². The van der Waals surface area contributed by atoms with Gasteiger partial charge in [0, 0.05) is 17.0 Å². The molecule has 4 nitrogen and oxygen atoms in total. The van der Waals surface area contributed by atoms with E-state index in [1.54, 1.807) is 6.07 Å². The van der Waals surface area contributed by atoms with Crippen molar-refractivity contribution in [2.24, 2.45) is 0 Å². The number of phenolic OH excluding ortho intramolecular Hbond substituents is 1. The maximum atomic E-state index is 9.61. The fourth-order valence-electron chi connectivity index (χ4n) is 3.51. The van der Waals surface area contributed by atoms with Crippen LogP contribution in [0.25, 0.3) is 21.8 Å². The van der Waals surface area contributed by atoms with Gasteiger partial charge in [0.25, 0.3) is 0 Å². The van der Waals surface area contributed by atoms with Crippen LogP contribution in [0.4, 0.5) is 5.82 Å². The van der Waals surface area contributed by atoms with Gasteiger partial charge in [-0.15, -0.1) is 0 Å². The molecule has 0 saturated heterocycles. The van der Waals surface area contributed by atoms with Gasteiger partial charge in [0.1, 0.15) is 11.3 Å². The normalized spacial score (nSPS) is 11.3. The number of pyridine rings is 2. The van der Waals surface area contributed by atoms with Gasteiger partial charge in [-0.3, -0.25) is 4.98 Å². The monoisotopic (exact) mass is 595 g/mol. The summed E-state index contributed by atoms with van der Waals surface area (Å²) in [6.07, 6.45) is 3.77. The second kappa shape index (κ2) is 7.98. The topological polar surface area (TPSA) is 49.2 Å². The molecule has 0 bridgehead atoms. The van der Waals surface area contributed by atoms with E-state index in [9.17, 15) is 5.11 Å². The number of aryl methyl sites for hydroxylation is 4. The highest BCUT2D eigenvalue weighted by Gasteiger charge is 2.14. The molecule has 28 heavy (non-hydrogen) atoms. The molecular formula is C22H19I2N3O. The van der Waals surface area contributed by atoms with Crippen LogP contribution in [-0.2, 0) is 12.8 Å². The van der Waals surface area contributed by atoms with E-state index in [1.807, 2.05) is 26.6 Å². The van der Waals surface area contributed by atoms with Crippen molar-refractivity contribution in [2.45, 2.75) is 26.7 Å². The van der Waals surface area contributed by atoms with E-state index in [0.29, 0.717) is 5.75 Å². The minimum absolute atomic E-state index is 0.317. The molecule has 6 heteroatoms. The van der Waals surface area contributed by atoms with Crippen molar-refractivity contribution >= 4 is 73.4 Å². The molecule has 0 fully saturated rings. The standard InChI is InChI=1S/C22H19I2N3O/c1-13-3-8-18-19-11-15(4-5-16-6-7-17(28)10-14(16)2)12-25-21(19)22(27(23)24)26-20(18)9-13/h3,6-12,28H,4-5H2,1-2H3. The van der Waals surface area contributed by atoms with Gasteiger partial charge < -0.3 is 5.11 Å². The van der Waals surface area contributed by atoms with E-state index in [1.165, 1.54) is 16.7 Å². The van der Waals surface area contributed by atoms with E-state index in [0.717, 1.165) is 46.0 Å². The van der Waals surface area contributed by atoms with Crippen LogP contribution in [-0.4, -0.2) is 15.1 Å². The lowest BCUT2D eigenvalue weighted by molar-refractivity contribution is 0.474. The molecule has 4 rings (SSSR count). The second-order valence-corrected chi connectivity index (χ2v) is 10.8. The number of benzene rings is 2. The molecule has 0 amide bonds. The lowest BCUT2D eigenvalue weighted by atomic mass is 9.99. The highest BCUT2D eigenvalue weighted by Crippen LogP contribution is 2.34. The van der Waals surface area contributed by atoms with Gasteiger partial charge in [-0.2, -0.15) is 0 Å². The maximum absolute atomic E-state index is 9.61. The molecule has 0 spiro atoms. The first-order valence-electron chi connectivity index (χ1n) is 9.01. The number of phenols is 1. The Balaban J connectivity index is 1.77. The maximum Gasteiger partial charge on any atom is 0.173 e.